The van der Waals surface area contributed by atoms with Gasteiger partial charge in [-0.15, -0.1) is 0 Å². The van der Waals surface area contributed by atoms with Crippen molar-refractivity contribution in [1.29, 1.82) is 0 Å². The van der Waals surface area contributed by atoms with Gasteiger partial charge in [0.15, 0.2) is 0 Å². The lowest BCUT2D eigenvalue weighted by Crippen LogP contribution is -2.29. The molecule has 6 heteroatoms. The van der Waals surface area contributed by atoms with Crippen molar-refractivity contribution in [3.63, 3.8) is 0 Å². The summed E-state index contributed by atoms with van der Waals surface area (Å²) in [5.41, 5.74) is 0.777. The van der Waals surface area contributed by atoms with Gasteiger partial charge in [-0.05, 0) is 55.7 Å². The predicted molar refractivity (Wildman–Crippen MR) is 86.8 cm³/mol. The second kappa shape index (κ2) is 6.26. The Morgan fingerprint density at radius 3 is 2.48 bits per heavy atom. The number of benzene rings is 1. The smallest absolute Gasteiger partial charge is 0.241 e. The van der Waals surface area contributed by atoms with Crippen molar-refractivity contribution in [2.75, 3.05) is 0 Å². The van der Waals surface area contributed by atoms with Crippen molar-refractivity contribution in [2.45, 2.75) is 51.0 Å². The molecule has 1 aromatic carbocycles. The zero-order valence-electron chi connectivity index (χ0n) is 12.6. The van der Waals surface area contributed by atoms with Crippen molar-refractivity contribution < 1.29 is 13.2 Å². The van der Waals surface area contributed by atoms with Crippen LogP contribution in [-0.2, 0) is 10.0 Å². The molecule has 0 aliphatic heterocycles. The van der Waals surface area contributed by atoms with E-state index in [1.165, 1.54) is 6.07 Å². The average Bonchev–Trinajstić information content (AvgIpc) is 2.35. The molecule has 1 aliphatic carbocycles. The lowest BCUT2D eigenvalue weighted by atomic mass is 9.80. The Hall–Kier alpha value is -0.590. The summed E-state index contributed by atoms with van der Waals surface area (Å²) in [7, 11) is -3.81. The van der Waals surface area contributed by atoms with Gasteiger partial charge in [-0.2, -0.15) is 0 Å². The number of halogens is 1. The summed E-state index contributed by atoms with van der Waals surface area (Å²) in [6.45, 7) is 6.31. The zero-order valence-corrected chi connectivity index (χ0v) is 15.0. The van der Waals surface area contributed by atoms with E-state index in [0.29, 0.717) is 22.1 Å². The van der Waals surface area contributed by atoms with Crippen LogP contribution >= 0.6 is 15.9 Å². The molecule has 0 amide bonds. The van der Waals surface area contributed by atoms with Crippen LogP contribution in [0.1, 0.15) is 38.7 Å². The van der Waals surface area contributed by atoms with E-state index in [9.17, 15) is 8.42 Å². The van der Waals surface area contributed by atoms with Crippen molar-refractivity contribution in [3.8, 4) is 5.75 Å². The lowest BCUT2D eigenvalue weighted by molar-refractivity contribution is 0.0972. The molecule has 0 radical (unpaired) electrons. The number of hydrogen-bond donors (Lipinski definition) is 1. The molecule has 3 unspecified atom stereocenters. The summed E-state index contributed by atoms with van der Waals surface area (Å²) < 4.78 is 30.3. The minimum Gasteiger partial charge on any atom is -0.489 e. The molecule has 0 heterocycles. The number of rotatable bonds is 3. The van der Waals surface area contributed by atoms with E-state index in [1.54, 1.807) is 0 Å². The number of ether oxygens (including phenoxy) is 1. The molecule has 21 heavy (non-hydrogen) atoms. The number of sulfonamides is 1. The Morgan fingerprint density at radius 2 is 1.90 bits per heavy atom. The first-order chi connectivity index (χ1) is 9.68. The van der Waals surface area contributed by atoms with E-state index in [-0.39, 0.29) is 11.0 Å². The van der Waals surface area contributed by atoms with Gasteiger partial charge in [-0.1, -0.05) is 29.8 Å². The van der Waals surface area contributed by atoms with Gasteiger partial charge in [-0.25, -0.2) is 13.6 Å². The summed E-state index contributed by atoms with van der Waals surface area (Å²) in [5.74, 6) is 1.67. The van der Waals surface area contributed by atoms with E-state index >= 15 is 0 Å². The third kappa shape index (κ3) is 3.99. The molecular weight excluding hydrogens is 354 g/mol. The summed E-state index contributed by atoms with van der Waals surface area (Å²) >= 11 is 3.31. The molecule has 2 rings (SSSR count). The van der Waals surface area contributed by atoms with Crippen LogP contribution in [0, 0.1) is 18.8 Å². The van der Waals surface area contributed by atoms with Crippen LogP contribution < -0.4 is 9.88 Å². The quantitative estimate of drug-likeness (QED) is 0.876. The maximum atomic E-state index is 11.8. The molecule has 1 saturated carbocycles. The third-order valence-electron chi connectivity index (χ3n) is 4.35. The Morgan fingerprint density at radius 1 is 1.24 bits per heavy atom. The maximum Gasteiger partial charge on any atom is 0.241 e. The molecule has 0 bridgehead atoms. The Labute approximate surface area is 135 Å². The van der Waals surface area contributed by atoms with Gasteiger partial charge in [0, 0.05) is 4.47 Å². The zero-order chi connectivity index (χ0) is 15.8. The summed E-state index contributed by atoms with van der Waals surface area (Å²) in [6.07, 6.45) is 3.05. The molecule has 1 aliphatic rings. The maximum absolute atomic E-state index is 11.8. The van der Waals surface area contributed by atoms with Crippen LogP contribution in [0.5, 0.6) is 5.75 Å². The molecule has 0 aromatic heterocycles. The molecule has 1 fully saturated rings. The van der Waals surface area contributed by atoms with E-state index < -0.39 is 10.0 Å². The highest BCUT2D eigenvalue weighted by Crippen LogP contribution is 2.36. The SMILES string of the molecule is Cc1cc(Br)cc(S(N)(=O)=O)c1OC1CCC(C)C(C)C1. The van der Waals surface area contributed by atoms with Crippen LogP contribution in [0.25, 0.3) is 0 Å². The molecule has 3 atom stereocenters. The fourth-order valence-electron chi connectivity index (χ4n) is 2.83. The largest absolute Gasteiger partial charge is 0.489 e. The van der Waals surface area contributed by atoms with E-state index in [2.05, 4.69) is 29.8 Å². The van der Waals surface area contributed by atoms with E-state index in [1.807, 2.05) is 13.0 Å². The Kier molecular flexibility index (Phi) is 5.00. The first-order valence-corrected chi connectivity index (χ1v) is 9.52. The van der Waals surface area contributed by atoms with Crippen molar-refractivity contribution >= 4 is 26.0 Å². The summed E-state index contributed by atoms with van der Waals surface area (Å²) in [5, 5.41) is 5.32. The highest BCUT2D eigenvalue weighted by atomic mass is 79.9. The second-order valence-electron chi connectivity index (χ2n) is 6.10. The van der Waals surface area contributed by atoms with Crippen molar-refractivity contribution in [3.05, 3.63) is 22.2 Å². The van der Waals surface area contributed by atoms with Crippen LogP contribution in [0.4, 0.5) is 0 Å². The minimum absolute atomic E-state index is 0.0524. The molecular formula is C15H22BrNO3S. The van der Waals surface area contributed by atoms with E-state index in [0.717, 1.165) is 24.8 Å². The minimum atomic E-state index is -3.81. The molecule has 0 saturated heterocycles. The van der Waals surface area contributed by atoms with Crippen molar-refractivity contribution in [1.82, 2.24) is 0 Å². The van der Waals surface area contributed by atoms with Gasteiger partial charge in [0.05, 0.1) is 6.10 Å². The molecule has 0 spiro atoms. The molecule has 4 nitrogen and oxygen atoms in total. The van der Waals surface area contributed by atoms with Gasteiger partial charge in [0.2, 0.25) is 10.0 Å². The monoisotopic (exact) mass is 375 g/mol. The number of primary sulfonamides is 1. The lowest BCUT2D eigenvalue weighted by Gasteiger charge is -2.33. The normalized spacial score (nSPS) is 26.6. The van der Waals surface area contributed by atoms with Crippen LogP contribution in [0.15, 0.2) is 21.5 Å². The third-order valence-corrected chi connectivity index (χ3v) is 5.72. The molecule has 118 valence electrons. The fourth-order valence-corrected chi connectivity index (χ4v) is 4.32. The van der Waals surface area contributed by atoms with Gasteiger partial charge >= 0.3 is 0 Å². The highest BCUT2D eigenvalue weighted by Gasteiger charge is 2.28. The number of nitrogens with two attached hydrogens (primary N) is 1. The standard InChI is InChI=1S/C15H22BrNO3S/c1-9-4-5-13(7-10(9)2)20-15-11(3)6-12(16)8-14(15)21(17,18)19/h6,8-10,13H,4-5,7H2,1-3H3,(H2,17,18,19). The first kappa shape index (κ1) is 16.8. The first-order valence-electron chi connectivity index (χ1n) is 7.18. The van der Waals surface area contributed by atoms with Gasteiger partial charge in [0.1, 0.15) is 10.6 Å². The Bertz CT molecular complexity index is 630. The van der Waals surface area contributed by atoms with Crippen LogP contribution in [-0.4, -0.2) is 14.5 Å². The van der Waals surface area contributed by atoms with Gasteiger partial charge < -0.3 is 4.74 Å². The van der Waals surface area contributed by atoms with Gasteiger partial charge in [0.25, 0.3) is 0 Å². The number of aryl methyl sites for hydroxylation is 1. The predicted octanol–water partition coefficient (Wildman–Crippen LogP) is 3.61. The summed E-state index contributed by atoms with van der Waals surface area (Å²) in [6, 6.07) is 3.35. The van der Waals surface area contributed by atoms with Crippen molar-refractivity contribution in [2.24, 2.45) is 17.0 Å². The topological polar surface area (TPSA) is 69.4 Å². The fraction of sp³-hybridized carbons (Fsp3) is 0.600. The number of hydrogen-bond acceptors (Lipinski definition) is 3. The summed E-state index contributed by atoms with van der Waals surface area (Å²) in [4.78, 5) is 0.0562. The van der Waals surface area contributed by atoms with E-state index in [4.69, 9.17) is 9.88 Å². The average molecular weight is 376 g/mol. The molecule has 2 N–H and O–H groups in total. The second-order valence-corrected chi connectivity index (χ2v) is 8.55. The van der Waals surface area contributed by atoms with Gasteiger partial charge in [-0.3, -0.25) is 0 Å². The highest BCUT2D eigenvalue weighted by molar-refractivity contribution is 9.10. The van der Waals surface area contributed by atoms with Crippen LogP contribution in [0.2, 0.25) is 0 Å². The van der Waals surface area contributed by atoms with Crippen LogP contribution in [0.3, 0.4) is 0 Å². The Balaban J connectivity index is 2.32. The molecule has 1 aromatic rings.